The van der Waals surface area contributed by atoms with Crippen LogP contribution in [0, 0.1) is 0 Å². The predicted octanol–water partition coefficient (Wildman–Crippen LogP) is 2.90. The van der Waals surface area contributed by atoms with Crippen LogP contribution in [0.4, 0.5) is 5.95 Å². The number of hydrogen-bond acceptors (Lipinski definition) is 8. The van der Waals surface area contributed by atoms with Gasteiger partial charge in [-0.2, -0.15) is 10.1 Å². The van der Waals surface area contributed by atoms with Crippen LogP contribution in [0.25, 0.3) is 22.1 Å². The molecule has 0 radical (unpaired) electrons. The van der Waals surface area contributed by atoms with Crippen molar-refractivity contribution in [3.63, 3.8) is 0 Å². The highest BCUT2D eigenvalue weighted by Gasteiger charge is 2.12. The van der Waals surface area contributed by atoms with Crippen molar-refractivity contribution in [2.75, 3.05) is 18.6 Å². The SMILES string of the molecule is CCOC(=O)COc1ccccc1/C=N\Nc1nnc2c3ccccc3n(C)c2n1. The van der Waals surface area contributed by atoms with Crippen LogP contribution >= 0.6 is 0 Å². The molecule has 0 unspecified atom stereocenters. The third kappa shape index (κ3) is 3.90. The highest BCUT2D eigenvalue weighted by molar-refractivity contribution is 6.04. The summed E-state index contributed by atoms with van der Waals surface area (Å²) in [5.41, 5.74) is 5.96. The van der Waals surface area contributed by atoms with Crippen molar-refractivity contribution in [3.8, 4) is 5.75 Å². The molecule has 9 nitrogen and oxygen atoms in total. The molecule has 0 aliphatic carbocycles. The fourth-order valence-corrected chi connectivity index (χ4v) is 3.07. The topological polar surface area (TPSA) is 104 Å². The Morgan fingerprint density at radius 2 is 1.97 bits per heavy atom. The number of benzene rings is 2. The summed E-state index contributed by atoms with van der Waals surface area (Å²) in [4.78, 5) is 16.0. The zero-order valence-electron chi connectivity index (χ0n) is 16.6. The maximum absolute atomic E-state index is 11.5. The van der Waals surface area contributed by atoms with E-state index in [4.69, 9.17) is 9.47 Å². The van der Waals surface area contributed by atoms with Crippen LogP contribution in [0.2, 0.25) is 0 Å². The number of carbonyl (C=O) groups is 1. The number of hydrogen-bond donors (Lipinski definition) is 1. The Hall–Kier alpha value is -4.01. The molecule has 2 aromatic heterocycles. The molecule has 0 bridgehead atoms. The van der Waals surface area contributed by atoms with Crippen molar-refractivity contribution < 1.29 is 14.3 Å². The van der Waals surface area contributed by atoms with Gasteiger partial charge in [0.05, 0.1) is 18.3 Å². The van der Waals surface area contributed by atoms with Crippen molar-refractivity contribution in [2.24, 2.45) is 12.1 Å². The van der Waals surface area contributed by atoms with Gasteiger partial charge in [-0.25, -0.2) is 10.2 Å². The van der Waals surface area contributed by atoms with Crippen molar-refractivity contribution in [2.45, 2.75) is 6.92 Å². The normalized spacial score (nSPS) is 11.3. The van der Waals surface area contributed by atoms with Crippen LogP contribution in [0.5, 0.6) is 5.75 Å². The Morgan fingerprint density at radius 1 is 1.17 bits per heavy atom. The van der Waals surface area contributed by atoms with Gasteiger partial charge in [0, 0.05) is 18.0 Å². The van der Waals surface area contributed by atoms with E-state index in [1.165, 1.54) is 0 Å². The van der Waals surface area contributed by atoms with Gasteiger partial charge in [-0.3, -0.25) is 0 Å². The summed E-state index contributed by atoms with van der Waals surface area (Å²) in [6.07, 6.45) is 1.57. The number of nitrogens with one attached hydrogen (secondary N) is 1. The highest BCUT2D eigenvalue weighted by Crippen LogP contribution is 2.24. The maximum Gasteiger partial charge on any atom is 0.344 e. The van der Waals surface area contributed by atoms with Gasteiger partial charge in [0.15, 0.2) is 12.3 Å². The molecule has 2 heterocycles. The van der Waals surface area contributed by atoms with Crippen molar-refractivity contribution >= 4 is 40.2 Å². The number of ether oxygens (including phenoxy) is 2. The molecule has 9 heteroatoms. The van der Waals surface area contributed by atoms with Gasteiger partial charge in [0.1, 0.15) is 11.3 Å². The lowest BCUT2D eigenvalue weighted by Gasteiger charge is -2.08. The lowest BCUT2D eigenvalue weighted by Crippen LogP contribution is -2.15. The minimum Gasteiger partial charge on any atom is -0.481 e. The highest BCUT2D eigenvalue weighted by atomic mass is 16.6. The summed E-state index contributed by atoms with van der Waals surface area (Å²) >= 11 is 0. The van der Waals surface area contributed by atoms with Gasteiger partial charge < -0.3 is 14.0 Å². The lowest BCUT2D eigenvalue weighted by atomic mass is 10.2. The second-order valence-electron chi connectivity index (χ2n) is 6.39. The van der Waals surface area contributed by atoms with E-state index in [-0.39, 0.29) is 12.6 Å². The first-order chi connectivity index (χ1) is 14.7. The number of rotatable bonds is 7. The van der Waals surface area contributed by atoms with Gasteiger partial charge in [-0.1, -0.05) is 30.3 Å². The molecule has 0 saturated heterocycles. The van der Waals surface area contributed by atoms with E-state index in [9.17, 15) is 4.79 Å². The smallest absolute Gasteiger partial charge is 0.344 e. The van der Waals surface area contributed by atoms with E-state index in [0.717, 1.165) is 16.4 Å². The lowest BCUT2D eigenvalue weighted by molar-refractivity contribution is -0.145. The summed E-state index contributed by atoms with van der Waals surface area (Å²) < 4.78 is 12.4. The molecule has 4 aromatic rings. The molecular weight excluding hydrogens is 384 g/mol. The molecule has 0 amide bonds. The van der Waals surface area contributed by atoms with Crippen LogP contribution in [0.15, 0.2) is 53.6 Å². The number of aromatic nitrogens is 4. The fourth-order valence-electron chi connectivity index (χ4n) is 3.07. The van der Waals surface area contributed by atoms with E-state index in [1.807, 2.05) is 54.1 Å². The Morgan fingerprint density at radius 3 is 2.83 bits per heavy atom. The van der Waals surface area contributed by atoms with Gasteiger partial charge in [-0.05, 0) is 25.1 Å². The van der Waals surface area contributed by atoms with Gasteiger partial charge in [-0.15, -0.1) is 10.2 Å². The molecule has 0 fully saturated rings. The second-order valence-corrected chi connectivity index (χ2v) is 6.39. The molecular formula is C21H20N6O3. The monoisotopic (exact) mass is 404 g/mol. The van der Waals surface area contributed by atoms with Crippen LogP contribution < -0.4 is 10.2 Å². The summed E-state index contributed by atoms with van der Waals surface area (Å²) in [6.45, 7) is 1.89. The number of para-hydroxylation sites is 2. The van der Waals surface area contributed by atoms with E-state index >= 15 is 0 Å². The van der Waals surface area contributed by atoms with E-state index in [0.29, 0.717) is 23.6 Å². The Balaban J connectivity index is 1.51. The Bertz CT molecular complexity index is 1230. The van der Waals surface area contributed by atoms with Gasteiger partial charge >= 0.3 is 5.97 Å². The zero-order chi connectivity index (χ0) is 20.9. The Kier molecular flexibility index (Phi) is 5.51. The average Bonchev–Trinajstić information content (AvgIpc) is 3.05. The summed E-state index contributed by atoms with van der Waals surface area (Å²) in [7, 11) is 1.93. The second kappa shape index (κ2) is 8.56. The van der Waals surface area contributed by atoms with E-state index in [2.05, 4.69) is 25.7 Å². The molecule has 4 rings (SSSR count). The fraction of sp³-hybridized carbons (Fsp3) is 0.190. The maximum atomic E-state index is 11.5. The molecule has 152 valence electrons. The standard InChI is InChI=1S/C21H20N6O3/c1-3-29-18(28)13-30-17-11-7-4-8-14(17)12-22-25-21-23-20-19(24-26-21)15-9-5-6-10-16(15)27(20)2/h4-12H,3,13H2,1-2H3,(H,23,25,26)/b22-12-. The minimum atomic E-state index is -0.426. The first kappa shape index (κ1) is 19.3. The molecule has 0 saturated carbocycles. The first-order valence-electron chi connectivity index (χ1n) is 9.41. The molecule has 1 N–H and O–H groups in total. The van der Waals surface area contributed by atoms with Crippen LogP contribution in [-0.4, -0.2) is 45.1 Å². The predicted molar refractivity (Wildman–Crippen MR) is 114 cm³/mol. The van der Waals surface area contributed by atoms with Gasteiger partial charge in [0.2, 0.25) is 0 Å². The quantitative estimate of drug-likeness (QED) is 0.287. The molecule has 0 aliphatic heterocycles. The van der Waals surface area contributed by atoms with E-state index < -0.39 is 5.97 Å². The number of fused-ring (bicyclic) bond motifs is 3. The van der Waals surface area contributed by atoms with Crippen LogP contribution in [-0.2, 0) is 16.6 Å². The number of nitrogens with zero attached hydrogens (tertiary/aromatic N) is 5. The average molecular weight is 404 g/mol. The summed E-state index contributed by atoms with van der Waals surface area (Å²) in [5.74, 6) is 0.360. The van der Waals surface area contributed by atoms with E-state index in [1.54, 1.807) is 19.2 Å². The number of hydrazone groups is 1. The third-order valence-corrected chi connectivity index (χ3v) is 4.44. The molecule has 0 aliphatic rings. The largest absolute Gasteiger partial charge is 0.481 e. The number of esters is 1. The van der Waals surface area contributed by atoms with Crippen molar-refractivity contribution in [3.05, 3.63) is 54.1 Å². The summed E-state index contributed by atoms with van der Waals surface area (Å²) in [6, 6.07) is 15.2. The number of aryl methyl sites for hydroxylation is 1. The molecule has 30 heavy (non-hydrogen) atoms. The van der Waals surface area contributed by atoms with Crippen LogP contribution in [0.3, 0.4) is 0 Å². The summed E-state index contributed by atoms with van der Waals surface area (Å²) in [5, 5.41) is 13.6. The third-order valence-electron chi connectivity index (χ3n) is 4.44. The number of anilines is 1. The minimum absolute atomic E-state index is 0.170. The zero-order valence-corrected chi connectivity index (χ0v) is 16.6. The molecule has 2 aromatic carbocycles. The molecule has 0 spiro atoms. The number of carbonyl (C=O) groups excluding carboxylic acids is 1. The van der Waals surface area contributed by atoms with Crippen molar-refractivity contribution in [1.82, 2.24) is 19.7 Å². The molecule has 0 atom stereocenters. The first-order valence-corrected chi connectivity index (χ1v) is 9.41. The van der Waals surface area contributed by atoms with Crippen LogP contribution in [0.1, 0.15) is 12.5 Å². The van der Waals surface area contributed by atoms with Gasteiger partial charge in [0.25, 0.3) is 5.95 Å². The Labute approximate surface area is 172 Å². The van der Waals surface area contributed by atoms with Crippen molar-refractivity contribution in [1.29, 1.82) is 0 Å².